The van der Waals surface area contributed by atoms with Gasteiger partial charge in [-0.2, -0.15) is 0 Å². The summed E-state index contributed by atoms with van der Waals surface area (Å²) in [5.74, 6) is 0.130. The number of fused-ring (bicyclic) bond motifs is 1. The number of carbonyl (C=O) groups excluding carboxylic acids is 2. The molecule has 1 N–H and O–H groups in total. The molecule has 2 aromatic carbocycles. The summed E-state index contributed by atoms with van der Waals surface area (Å²) in [5.41, 5.74) is 3.35. The third-order valence-electron chi connectivity index (χ3n) is 6.08. The van der Waals surface area contributed by atoms with Gasteiger partial charge < -0.3 is 10.2 Å². The summed E-state index contributed by atoms with van der Waals surface area (Å²) < 4.78 is 0. The van der Waals surface area contributed by atoms with Gasteiger partial charge in [0.05, 0.1) is 4.91 Å². The quantitative estimate of drug-likeness (QED) is 0.746. The van der Waals surface area contributed by atoms with E-state index in [0.717, 1.165) is 35.3 Å². The molecule has 0 radical (unpaired) electrons. The molecule has 156 valence electrons. The van der Waals surface area contributed by atoms with E-state index in [1.54, 1.807) is 11.8 Å². The zero-order chi connectivity index (χ0) is 21.1. The highest BCUT2D eigenvalue weighted by molar-refractivity contribution is 8.04. The van der Waals surface area contributed by atoms with Crippen molar-refractivity contribution in [2.24, 2.45) is 5.92 Å². The second-order valence-electron chi connectivity index (χ2n) is 8.28. The van der Waals surface area contributed by atoms with Crippen LogP contribution in [0, 0.1) is 12.8 Å². The van der Waals surface area contributed by atoms with Gasteiger partial charge in [0, 0.05) is 30.8 Å². The van der Waals surface area contributed by atoms with Crippen LogP contribution in [0.15, 0.2) is 59.5 Å². The average Bonchev–Trinajstić information content (AvgIpc) is 2.76. The molecule has 1 saturated carbocycles. The van der Waals surface area contributed by atoms with E-state index in [1.807, 2.05) is 60.5 Å². The first-order chi connectivity index (χ1) is 14.5. The van der Waals surface area contributed by atoms with Gasteiger partial charge in [-0.3, -0.25) is 9.59 Å². The molecule has 3 atom stereocenters. The van der Waals surface area contributed by atoms with E-state index in [9.17, 15) is 9.59 Å². The summed E-state index contributed by atoms with van der Waals surface area (Å²) in [6.07, 6.45) is 4.56. The molecular formula is C25H28N2O2S. The molecule has 1 saturated heterocycles. The highest BCUT2D eigenvalue weighted by Crippen LogP contribution is 2.43. The van der Waals surface area contributed by atoms with E-state index in [0.29, 0.717) is 11.8 Å². The van der Waals surface area contributed by atoms with Crippen molar-refractivity contribution in [1.82, 2.24) is 10.2 Å². The molecule has 2 fully saturated rings. The SMILES string of the molecule is Cc1cccc(/C=C2\SC3CCC(C(=O)NCc4ccccc4)CC3N(C)C2=O)c1. The Balaban J connectivity index is 1.40. The topological polar surface area (TPSA) is 49.4 Å². The molecule has 2 amide bonds. The van der Waals surface area contributed by atoms with Gasteiger partial charge in [0.25, 0.3) is 5.91 Å². The maximum absolute atomic E-state index is 13.0. The second-order valence-corrected chi connectivity index (χ2v) is 9.56. The number of amides is 2. The van der Waals surface area contributed by atoms with Crippen molar-refractivity contribution in [3.63, 3.8) is 0 Å². The summed E-state index contributed by atoms with van der Waals surface area (Å²) in [4.78, 5) is 28.4. The minimum Gasteiger partial charge on any atom is -0.352 e. The van der Waals surface area contributed by atoms with E-state index in [4.69, 9.17) is 0 Å². The lowest BCUT2D eigenvalue weighted by molar-refractivity contribution is -0.132. The number of nitrogens with zero attached hydrogens (tertiary/aromatic N) is 1. The zero-order valence-electron chi connectivity index (χ0n) is 17.5. The average molecular weight is 421 g/mol. The number of rotatable bonds is 4. The predicted molar refractivity (Wildman–Crippen MR) is 123 cm³/mol. The van der Waals surface area contributed by atoms with Crippen molar-refractivity contribution in [3.8, 4) is 0 Å². The second kappa shape index (κ2) is 9.09. The van der Waals surface area contributed by atoms with Gasteiger partial charge in [-0.05, 0) is 43.4 Å². The summed E-state index contributed by atoms with van der Waals surface area (Å²) >= 11 is 1.69. The molecule has 4 rings (SSSR count). The smallest absolute Gasteiger partial charge is 0.260 e. The van der Waals surface area contributed by atoms with Crippen molar-refractivity contribution in [1.29, 1.82) is 0 Å². The molecule has 2 aliphatic rings. The van der Waals surface area contributed by atoms with Crippen LogP contribution < -0.4 is 5.32 Å². The summed E-state index contributed by atoms with van der Waals surface area (Å²) in [6, 6.07) is 18.3. The molecule has 0 aromatic heterocycles. The summed E-state index contributed by atoms with van der Waals surface area (Å²) in [5, 5.41) is 3.43. The molecule has 5 heteroatoms. The Morgan fingerprint density at radius 2 is 1.97 bits per heavy atom. The van der Waals surface area contributed by atoms with Crippen molar-refractivity contribution in [3.05, 3.63) is 76.2 Å². The Kier molecular flexibility index (Phi) is 6.28. The van der Waals surface area contributed by atoms with Crippen LogP contribution in [-0.2, 0) is 16.1 Å². The zero-order valence-corrected chi connectivity index (χ0v) is 18.3. The van der Waals surface area contributed by atoms with Crippen LogP contribution >= 0.6 is 11.8 Å². The first-order valence-electron chi connectivity index (χ1n) is 10.5. The van der Waals surface area contributed by atoms with E-state index in [-0.39, 0.29) is 23.8 Å². The molecule has 30 heavy (non-hydrogen) atoms. The number of likely N-dealkylation sites (N-methyl/N-ethyl adjacent to an activating group) is 1. The molecule has 1 aliphatic heterocycles. The van der Waals surface area contributed by atoms with Gasteiger partial charge in [0.2, 0.25) is 5.91 Å². The monoisotopic (exact) mass is 420 g/mol. The number of aryl methyl sites for hydroxylation is 1. The van der Waals surface area contributed by atoms with Crippen LogP contribution in [0.4, 0.5) is 0 Å². The van der Waals surface area contributed by atoms with Crippen LogP contribution in [0.2, 0.25) is 0 Å². The third-order valence-corrected chi connectivity index (χ3v) is 7.48. The first kappa shape index (κ1) is 20.7. The molecular weight excluding hydrogens is 392 g/mol. The number of thioether (sulfide) groups is 1. The van der Waals surface area contributed by atoms with Gasteiger partial charge in [-0.25, -0.2) is 0 Å². The third kappa shape index (κ3) is 4.62. The normalized spacial score (nSPS) is 25.1. The Morgan fingerprint density at radius 1 is 1.17 bits per heavy atom. The fourth-order valence-corrected chi connectivity index (χ4v) is 5.86. The van der Waals surface area contributed by atoms with Crippen molar-refractivity contribution in [2.75, 3.05) is 7.05 Å². The standard InChI is InChI=1S/C25H28N2O2S/c1-17-7-6-10-19(13-17)14-23-25(29)27(2)21-15-20(11-12-22(21)30-23)24(28)26-16-18-8-4-3-5-9-18/h3-10,13-14,20-22H,11-12,15-16H2,1-2H3,(H,26,28)/b23-14-. The fourth-order valence-electron chi connectivity index (χ4n) is 4.38. The number of benzene rings is 2. The van der Waals surface area contributed by atoms with Gasteiger partial charge in [-0.1, -0.05) is 60.2 Å². The van der Waals surface area contributed by atoms with Crippen LogP contribution in [0.1, 0.15) is 36.0 Å². The van der Waals surface area contributed by atoms with E-state index in [1.165, 1.54) is 5.56 Å². The number of hydrogen-bond acceptors (Lipinski definition) is 3. The number of hydrogen-bond donors (Lipinski definition) is 1. The van der Waals surface area contributed by atoms with Crippen LogP contribution in [-0.4, -0.2) is 35.1 Å². The van der Waals surface area contributed by atoms with Crippen molar-refractivity contribution < 1.29 is 9.59 Å². The first-order valence-corrected chi connectivity index (χ1v) is 11.4. The Hall–Kier alpha value is -2.53. The summed E-state index contributed by atoms with van der Waals surface area (Å²) in [6.45, 7) is 2.61. The van der Waals surface area contributed by atoms with Crippen molar-refractivity contribution >= 4 is 29.7 Å². The van der Waals surface area contributed by atoms with Gasteiger partial charge in [-0.15, -0.1) is 11.8 Å². The van der Waals surface area contributed by atoms with E-state index < -0.39 is 0 Å². The number of carbonyl (C=O) groups is 2. The highest BCUT2D eigenvalue weighted by atomic mass is 32.2. The van der Waals surface area contributed by atoms with Crippen molar-refractivity contribution in [2.45, 2.75) is 44.0 Å². The van der Waals surface area contributed by atoms with Gasteiger partial charge in [0.1, 0.15) is 0 Å². The summed E-state index contributed by atoms with van der Waals surface area (Å²) in [7, 11) is 1.88. The molecule has 3 unspecified atom stereocenters. The molecule has 2 aromatic rings. The Morgan fingerprint density at radius 3 is 2.73 bits per heavy atom. The van der Waals surface area contributed by atoms with Gasteiger partial charge in [0.15, 0.2) is 0 Å². The highest BCUT2D eigenvalue weighted by Gasteiger charge is 2.42. The lowest BCUT2D eigenvalue weighted by Crippen LogP contribution is -2.52. The number of nitrogens with one attached hydrogen (secondary N) is 1. The van der Waals surface area contributed by atoms with Crippen LogP contribution in [0.3, 0.4) is 0 Å². The van der Waals surface area contributed by atoms with Gasteiger partial charge >= 0.3 is 0 Å². The predicted octanol–water partition coefficient (Wildman–Crippen LogP) is 4.39. The van der Waals surface area contributed by atoms with Crippen LogP contribution in [0.5, 0.6) is 0 Å². The van der Waals surface area contributed by atoms with Crippen LogP contribution in [0.25, 0.3) is 6.08 Å². The molecule has 1 aliphatic carbocycles. The van der Waals surface area contributed by atoms with E-state index in [2.05, 4.69) is 24.4 Å². The minimum absolute atomic E-state index is 0.0342. The maximum atomic E-state index is 13.0. The molecule has 0 bridgehead atoms. The van der Waals surface area contributed by atoms with E-state index >= 15 is 0 Å². The maximum Gasteiger partial charge on any atom is 0.260 e. The molecule has 0 spiro atoms. The lowest BCUT2D eigenvalue weighted by Gasteiger charge is -2.44. The lowest BCUT2D eigenvalue weighted by atomic mass is 9.83. The largest absolute Gasteiger partial charge is 0.352 e. The Labute approximate surface area is 182 Å². The molecule has 1 heterocycles. The minimum atomic E-state index is -0.0342. The fraction of sp³-hybridized carbons (Fsp3) is 0.360. The Bertz CT molecular complexity index is 957. The molecule has 4 nitrogen and oxygen atoms in total.